The molecule has 4 aromatic rings. The van der Waals surface area contributed by atoms with Crippen LogP contribution in [0.3, 0.4) is 0 Å². The second kappa shape index (κ2) is 7.89. The zero-order valence-electron chi connectivity index (χ0n) is 16.5. The lowest BCUT2D eigenvalue weighted by atomic mass is 10.1. The maximum Gasteiger partial charge on any atom is 0.178 e. The summed E-state index contributed by atoms with van der Waals surface area (Å²) in [6.07, 6.45) is 0. The van der Waals surface area contributed by atoms with Gasteiger partial charge in [-0.2, -0.15) is 0 Å². The zero-order chi connectivity index (χ0) is 19.6. The molecule has 3 heterocycles. The van der Waals surface area contributed by atoms with E-state index in [0.717, 1.165) is 65.0 Å². The highest BCUT2D eigenvalue weighted by Gasteiger charge is 2.23. The maximum atomic E-state index is 4.82. The monoisotopic (exact) mass is 401 g/mol. The third-order valence-corrected chi connectivity index (χ3v) is 6.35. The van der Waals surface area contributed by atoms with E-state index in [1.165, 1.54) is 5.56 Å². The van der Waals surface area contributed by atoms with Gasteiger partial charge in [0.15, 0.2) is 5.82 Å². The van der Waals surface area contributed by atoms with E-state index in [2.05, 4.69) is 69.4 Å². The first kappa shape index (κ1) is 18.2. The summed E-state index contributed by atoms with van der Waals surface area (Å²) in [4.78, 5) is 9.66. The Balaban J connectivity index is 1.39. The molecular weight excluding hydrogens is 378 g/mol. The van der Waals surface area contributed by atoms with Gasteiger partial charge in [-0.15, -0.1) is 21.5 Å². The van der Waals surface area contributed by atoms with Crippen molar-refractivity contribution in [3.05, 3.63) is 71.2 Å². The lowest BCUT2D eigenvalue weighted by Gasteiger charge is -2.35. The van der Waals surface area contributed by atoms with Crippen molar-refractivity contribution in [3.63, 3.8) is 0 Å². The van der Waals surface area contributed by atoms with Crippen molar-refractivity contribution < 1.29 is 0 Å². The van der Waals surface area contributed by atoms with Crippen molar-refractivity contribution in [2.75, 3.05) is 31.1 Å². The van der Waals surface area contributed by atoms with Crippen LogP contribution in [-0.4, -0.2) is 46.3 Å². The van der Waals surface area contributed by atoms with Crippen LogP contribution in [0.1, 0.15) is 10.6 Å². The fourth-order valence-electron chi connectivity index (χ4n) is 3.89. The molecule has 6 heteroatoms. The molecule has 146 valence electrons. The molecule has 2 aromatic carbocycles. The molecule has 0 amide bonds. The van der Waals surface area contributed by atoms with Gasteiger partial charge in [-0.3, -0.25) is 4.90 Å². The number of rotatable bonds is 4. The largest absolute Gasteiger partial charge is 0.351 e. The summed E-state index contributed by atoms with van der Waals surface area (Å²) in [7, 11) is 0. The highest BCUT2D eigenvalue weighted by molar-refractivity contribution is 7.19. The fraction of sp³-hybridized carbons (Fsp3) is 0.261. The molecule has 0 unspecified atom stereocenters. The van der Waals surface area contributed by atoms with Crippen molar-refractivity contribution in [2.45, 2.75) is 13.5 Å². The van der Waals surface area contributed by atoms with Gasteiger partial charge in [0, 0.05) is 38.3 Å². The molecule has 0 aliphatic carbocycles. The van der Waals surface area contributed by atoms with Crippen molar-refractivity contribution in [2.24, 2.45) is 0 Å². The normalized spacial score (nSPS) is 15.1. The Morgan fingerprint density at radius 3 is 2.28 bits per heavy atom. The number of anilines is 1. The molecule has 1 aliphatic rings. The minimum Gasteiger partial charge on any atom is -0.351 e. The van der Waals surface area contributed by atoms with Crippen LogP contribution in [0.2, 0.25) is 0 Å². The predicted molar refractivity (Wildman–Crippen MR) is 119 cm³/mol. The van der Waals surface area contributed by atoms with Crippen LogP contribution in [0, 0.1) is 6.92 Å². The Bertz CT molecular complexity index is 1100. The average molecular weight is 402 g/mol. The standard InChI is InChI=1S/C23H23N5S/c1-17-24-21-22(29-17)20(19-10-6-3-7-11-19)25-26-23(21)28-14-12-27(13-15-28)16-18-8-4-2-5-9-18/h2-11H,12-16H2,1H3. The minimum absolute atomic E-state index is 0.920. The molecular formula is C23H23N5S. The molecule has 1 aliphatic heterocycles. The van der Waals surface area contributed by atoms with E-state index in [1.807, 2.05) is 18.2 Å². The van der Waals surface area contributed by atoms with Crippen LogP contribution in [0.5, 0.6) is 0 Å². The quantitative estimate of drug-likeness (QED) is 0.508. The van der Waals surface area contributed by atoms with Gasteiger partial charge in [-0.05, 0) is 12.5 Å². The molecule has 0 N–H and O–H groups in total. The molecule has 5 rings (SSSR count). The first-order valence-electron chi connectivity index (χ1n) is 9.98. The summed E-state index contributed by atoms with van der Waals surface area (Å²) in [5.41, 5.74) is 4.37. The van der Waals surface area contributed by atoms with Gasteiger partial charge in [-0.25, -0.2) is 4.98 Å². The minimum atomic E-state index is 0.920. The van der Waals surface area contributed by atoms with E-state index in [-0.39, 0.29) is 0 Å². The Hall–Kier alpha value is -2.83. The third kappa shape index (κ3) is 3.73. The molecule has 0 spiro atoms. The van der Waals surface area contributed by atoms with Crippen LogP contribution >= 0.6 is 11.3 Å². The second-order valence-corrected chi connectivity index (χ2v) is 8.60. The Kier molecular flexibility index (Phi) is 4.96. The number of benzene rings is 2. The van der Waals surface area contributed by atoms with Crippen LogP contribution in [-0.2, 0) is 6.54 Å². The summed E-state index contributed by atoms with van der Waals surface area (Å²) >= 11 is 1.70. The van der Waals surface area contributed by atoms with E-state index in [9.17, 15) is 0 Å². The molecule has 1 fully saturated rings. The highest BCUT2D eigenvalue weighted by Crippen LogP contribution is 2.35. The van der Waals surface area contributed by atoms with Gasteiger partial charge in [0.05, 0.1) is 9.71 Å². The number of aryl methyl sites for hydroxylation is 1. The summed E-state index contributed by atoms with van der Waals surface area (Å²) in [6, 6.07) is 20.9. The number of fused-ring (bicyclic) bond motifs is 1. The number of aromatic nitrogens is 3. The van der Waals surface area contributed by atoms with Crippen LogP contribution < -0.4 is 4.90 Å². The Labute approximate surface area is 174 Å². The maximum absolute atomic E-state index is 4.82. The lowest BCUT2D eigenvalue weighted by Crippen LogP contribution is -2.46. The second-order valence-electron chi connectivity index (χ2n) is 7.40. The van der Waals surface area contributed by atoms with Gasteiger partial charge >= 0.3 is 0 Å². The molecule has 0 saturated carbocycles. The Morgan fingerprint density at radius 1 is 0.862 bits per heavy atom. The predicted octanol–water partition coefficient (Wildman–Crippen LogP) is 4.38. The number of piperazine rings is 1. The first-order chi connectivity index (χ1) is 14.3. The van der Waals surface area contributed by atoms with Crippen LogP contribution in [0.4, 0.5) is 5.82 Å². The Morgan fingerprint density at radius 2 is 1.55 bits per heavy atom. The van der Waals surface area contributed by atoms with Crippen molar-refractivity contribution in [1.29, 1.82) is 0 Å². The molecule has 1 saturated heterocycles. The van der Waals surface area contributed by atoms with Crippen LogP contribution in [0.15, 0.2) is 60.7 Å². The van der Waals surface area contributed by atoms with Gasteiger partial charge in [0.2, 0.25) is 0 Å². The summed E-state index contributed by atoms with van der Waals surface area (Å²) < 4.78 is 1.13. The van der Waals surface area contributed by atoms with Gasteiger partial charge in [0.25, 0.3) is 0 Å². The lowest BCUT2D eigenvalue weighted by molar-refractivity contribution is 0.249. The average Bonchev–Trinajstić information content (AvgIpc) is 3.16. The highest BCUT2D eigenvalue weighted by atomic mass is 32.1. The van der Waals surface area contributed by atoms with Crippen molar-refractivity contribution in [3.8, 4) is 11.3 Å². The van der Waals surface area contributed by atoms with E-state index in [4.69, 9.17) is 4.98 Å². The molecule has 0 bridgehead atoms. The van der Waals surface area contributed by atoms with Gasteiger partial charge < -0.3 is 4.90 Å². The molecule has 5 nitrogen and oxygen atoms in total. The molecule has 29 heavy (non-hydrogen) atoms. The van der Waals surface area contributed by atoms with E-state index < -0.39 is 0 Å². The van der Waals surface area contributed by atoms with Crippen LogP contribution in [0.25, 0.3) is 21.5 Å². The van der Waals surface area contributed by atoms with Crippen molar-refractivity contribution in [1.82, 2.24) is 20.1 Å². The smallest absolute Gasteiger partial charge is 0.178 e. The number of nitrogens with zero attached hydrogens (tertiary/aromatic N) is 5. The first-order valence-corrected chi connectivity index (χ1v) is 10.8. The zero-order valence-corrected chi connectivity index (χ0v) is 17.3. The summed E-state index contributed by atoms with van der Waals surface area (Å²) in [5.74, 6) is 0.920. The molecule has 0 atom stereocenters. The van der Waals surface area contributed by atoms with Gasteiger partial charge in [-0.1, -0.05) is 60.7 Å². The van der Waals surface area contributed by atoms with Crippen molar-refractivity contribution >= 4 is 27.4 Å². The number of hydrogen-bond acceptors (Lipinski definition) is 6. The van der Waals surface area contributed by atoms with E-state index in [0.29, 0.717) is 0 Å². The topological polar surface area (TPSA) is 45.2 Å². The van der Waals surface area contributed by atoms with E-state index >= 15 is 0 Å². The molecule has 0 radical (unpaired) electrons. The fourth-order valence-corrected chi connectivity index (χ4v) is 4.81. The van der Waals surface area contributed by atoms with Gasteiger partial charge in [0.1, 0.15) is 11.2 Å². The molecule has 2 aromatic heterocycles. The third-order valence-electron chi connectivity index (χ3n) is 5.37. The number of hydrogen-bond donors (Lipinski definition) is 0. The SMILES string of the molecule is Cc1nc2c(N3CCN(Cc4ccccc4)CC3)nnc(-c3ccccc3)c2s1. The van der Waals surface area contributed by atoms with E-state index in [1.54, 1.807) is 11.3 Å². The number of thiazole rings is 1. The summed E-state index contributed by atoms with van der Waals surface area (Å²) in [5, 5.41) is 10.3. The summed E-state index contributed by atoms with van der Waals surface area (Å²) in [6.45, 7) is 6.97.